The van der Waals surface area contributed by atoms with Crippen LogP contribution in [0.5, 0.6) is 0 Å². The fourth-order valence-corrected chi connectivity index (χ4v) is 6.41. The van der Waals surface area contributed by atoms with Gasteiger partial charge in [0.25, 0.3) is 5.91 Å². The molecule has 2 amide bonds. The third-order valence-corrected chi connectivity index (χ3v) is 8.32. The van der Waals surface area contributed by atoms with Crippen molar-refractivity contribution >= 4 is 39.1 Å². The molecule has 34 heavy (non-hydrogen) atoms. The number of likely N-dealkylation sites (tertiary alicyclic amines) is 1. The number of piperidine rings is 1. The zero-order chi connectivity index (χ0) is 23.8. The number of aromatic nitrogens is 1. The van der Waals surface area contributed by atoms with E-state index in [1.54, 1.807) is 11.3 Å². The van der Waals surface area contributed by atoms with Crippen molar-refractivity contribution in [1.29, 1.82) is 0 Å². The van der Waals surface area contributed by atoms with E-state index in [1.807, 2.05) is 11.0 Å². The molecule has 0 spiro atoms. The summed E-state index contributed by atoms with van der Waals surface area (Å²) in [5, 5.41) is 2.07. The second-order valence-corrected chi connectivity index (χ2v) is 10.6. The van der Waals surface area contributed by atoms with Crippen molar-refractivity contribution in [2.75, 3.05) is 37.6 Å². The molecule has 2 aliphatic rings. The van der Waals surface area contributed by atoms with Crippen molar-refractivity contribution in [1.82, 2.24) is 14.4 Å². The minimum absolute atomic E-state index is 0.0169. The minimum Gasteiger partial charge on any atom is -0.365 e. The largest absolute Gasteiger partial charge is 0.365 e. The van der Waals surface area contributed by atoms with Crippen LogP contribution in [-0.4, -0.2) is 64.9 Å². The van der Waals surface area contributed by atoms with Gasteiger partial charge in [-0.25, -0.2) is 0 Å². The van der Waals surface area contributed by atoms with E-state index < -0.39 is 0 Å². The smallest absolute Gasteiger partial charge is 0.270 e. The molecular formula is C27H34N4O2S. The van der Waals surface area contributed by atoms with Crippen molar-refractivity contribution < 1.29 is 9.59 Å². The maximum atomic E-state index is 13.3. The molecule has 0 N–H and O–H groups in total. The Morgan fingerprint density at radius 1 is 1.03 bits per heavy atom. The lowest BCUT2D eigenvalue weighted by molar-refractivity contribution is -0.137. The molecule has 0 bridgehead atoms. The van der Waals surface area contributed by atoms with E-state index in [1.165, 1.54) is 11.3 Å². The van der Waals surface area contributed by atoms with Crippen LogP contribution in [0.2, 0.25) is 0 Å². The lowest BCUT2D eigenvalue weighted by Gasteiger charge is -2.43. The highest BCUT2D eigenvalue weighted by atomic mass is 32.1. The quantitative estimate of drug-likeness (QED) is 0.550. The van der Waals surface area contributed by atoms with Gasteiger partial charge in [0, 0.05) is 56.9 Å². The van der Waals surface area contributed by atoms with Gasteiger partial charge in [-0.1, -0.05) is 12.1 Å². The molecule has 2 aromatic heterocycles. The number of benzene rings is 1. The number of aryl methyl sites for hydroxylation is 2. The van der Waals surface area contributed by atoms with Crippen LogP contribution < -0.4 is 4.90 Å². The lowest BCUT2D eigenvalue weighted by Crippen LogP contribution is -2.55. The molecule has 3 aromatic rings. The Balaban J connectivity index is 1.18. The molecule has 2 fully saturated rings. The summed E-state index contributed by atoms with van der Waals surface area (Å²) in [5.74, 6) is 0.375. The summed E-state index contributed by atoms with van der Waals surface area (Å²) >= 11 is 1.68. The monoisotopic (exact) mass is 478 g/mol. The average Bonchev–Trinajstić information content (AvgIpc) is 3.44. The van der Waals surface area contributed by atoms with Gasteiger partial charge in [-0.15, -0.1) is 11.3 Å². The number of rotatable bonds is 4. The highest BCUT2D eigenvalue weighted by Gasteiger charge is 2.34. The summed E-state index contributed by atoms with van der Waals surface area (Å²) in [6.07, 6.45) is 1.50. The summed E-state index contributed by atoms with van der Waals surface area (Å²) in [4.78, 5) is 33.0. The molecule has 5 rings (SSSR count). The van der Waals surface area contributed by atoms with Gasteiger partial charge >= 0.3 is 0 Å². The van der Waals surface area contributed by atoms with Gasteiger partial charge in [0.15, 0.2) is 0 Å². The maximum absolute atomic E-state index is 13.3. The number of piperazine rings is 1. The van der Waals surface area contributed by atoms with Crippen LogP contribution in [0.15, 0.2) is 41.8 Å². The van der Waals surface area contributed by atoms with E-state index >= 15 is 0 Å². The van der Waals surface area contributed by atoms with Gasteiger partial charge in [0.2, 0.25) is 5.91 Å². The first kappa shape index (κ1) is 23.0. The van der Waals surface area contributed by atoms with Crippen LogP contribution >= 0.6 is 11.3 Å². The van der Waals surface area contributed by atoms with E-state index in [9.17, 15) is 9.59 Å². The van der Waals surface area contributed by atoms with Crippen molar-refractivity contribution in [3.63, 3.8) is 0 Å². The van der Waals surface area contributed by atoms with Crippen molar-refractivity contribution in [2.45, 2.75) is 46.2 Å². The van der Waals surface area contributed by atoms with Crippen LogP contribution in [0.3, 0.4) is 0 Å². The van der Waals surface area contributed by atoms with Crippen LogP contribution in [0.4, 0.5) is 5.69 Å². The summed E-state index contributed by atoms with van der Waals surface area (Å²) in [5.41, 5.74) is 4.41. The Morgan fingerprint density at radius 3 is 2.53 bits per heavy atom. The molecule has 2 aliphatic heterocycles. The highest BCUT2D eigenvalue weighted by molar-refractivity contribution is 7.17. The fourth-order valence-electron chi connectivity index (χ4n) is 5.59. The Bertz CT molecular complexity index is 1190. The first-order chi connectivity index (χ1) is 16.5. The summed E-state index contributed by atoms with van der Waals surface area (Å²) in [7, 11) is 0. The topological polar surface area (TPSA) is 48.8 Å². The molecule has 0 unspecified atom stereocenters. The number of amides is 2. The van der Waals surface area contributed by atoms with E-state index in [-0.39, 0.29) is 23.8 Å². The molecule has 4 heterocycles. The number of anilines is 1. The van der Waals surface area contributed by atoms with E-state index in [0.29, 0.717) is 13.1 Å². The average molecular weight is 479 g/mol. The zero-order valence-electron chi connectivity index (χ0n) is 20.4. The fraction of sp³-hybridized carbons (Fsp3) is 0.481. The lowest BCUT2D eigenvalue weighted by atomic mass is 9.94. The van der Waals surface area contributed by atoms with Gasteiger partial charge < -0.3 is 19.3 Å². The number of hydrogen-bond acceptors (Lipinski definition) is 4. The predicted octanol–water partition coefficient (Wildman–Crippen LogP) is 4.62. The molecule has 7 heteroatoms. The maximum Gasteiger partial charge on any atom is 0.270 e. The molecule has 0 saturated carbocycles. The Kier molecular flexibility index (Phi) is 6.38. The summed E-state index contributed by atoms with van der Waals surface area (Å²) in [6, 6.07) is 13.0. The molecule has 6 nitrogen and oxygen atoms in total. The third-order valence-electron chi connectivity index (χ3n) is 7.46. The number of fused-ring (bicyclic) bond motifs is 1. The number of carbonyl (C=O) groups excluding carboxylic acids is 2. The van der Waals surface area contributed by atoms with Crippen molar-refractivity contribution in [2.24, 2.45) is 5.92 Å². The number of carbonyl (C=O) groups is 2. The summed E-state index contributed by atoms with van der Waals surface area (Å²) < 4.78 is 3.27. The second-order valence-electron chi connectivity index (χ2n) is 9.68. The molecule has 0 radical (unpaired) electrons. The first-order valence-electron chi connectivity index (χ1n) is 12.4. The third kappa shape index (κ3) is 4.22. The standard InChI is InChI=1S/C27H34N4O2S/c1-4-30-23-10-15-34-25(23)17-24(30)27(33)28-11-8-21(9-12-28)26(32)29-13-14-31(20(3)18-29)22-7-5-6-19(2)16-22/h5-7,10,15-17,20-21H,4,8-9,11-14,18H2,1-3H3/t20-/m1/s1. The van der Waals surface area contributed by atoms with Gasteiger partial charge in [0.05, 0.1) is 10.2 Å². The van der Waals surface area contributed by atoms with Crippen LogP contribution in [0.1, 0.15) is 42.7 Å². The van der Waals surface area contributed by atoms with Crippen LogP contribution in [-0.2, 0) is 11.3 Å². The predicted molar refractivity (Wildman–Crippen MR) is 139 cm³/mol. The van der Waals surface area contributed by atoms with Crippen molar-refractivity contribution in [3.8, 4) is 0 Å². The second kappa shape index (κ2) is 9.45. The Morgan fingerprint density at radius 2 is 1.82 bits per heavy atom. The normalized spacial score (nSPS) is 19.7. The molecule has 2 saturated heterocycles. The highest BCUT2D eigenvalue weighted by Crippen LogP contribution is 2.29. The minimum atomic E-state index is 0.0169. The number of hydrogen-bond donors (Lipinski definition) is 0. The Hall–Kier alpha value is -2.80. The molecular weight excluding hydrogens is 444 g/mol. The van der Waals surface area contributed by atoms with Gasteiger partial charge in [-0.05, 0) is 68.8 Å². The van der Waals surface area contributed by atoms with E-state index in [2.05, 4.69) is 70.9 Å². The van der Waals surface area contributed by atoms with Crippen molar-refractivity contribution in [3.05, 3.63) is 53.0 Å². The number of nitrogens with zero attached hydrogens (tertiary/aromatic N) is 4. The molecule has 0 aliphatic carbocycles. The van der Waals surface area contributed by atoms with Gasteiger partial charge in [-0.3, -0.25) is 9.59 Å². The van der Waals surface area contributed by atoms with Crippen LogP contribution in [0, 0.1) is 12.8 Å². The SMILES string of the molecule is CCn1c(C(=O)N2CCC(C(=O)N3CCN(c4cccc(C)c4)[C@H](C)C3)CC2)cc2sccc21. The summed E-state index contributed by atoms with van der Waals surface area (Å²) in [6.45, 7) is 10.9. The van der Waals surface area contributed by atoms with Gasteiger partial charge in [-0.2, -0.15) is 0 Å². The van der Waals surface area contributed by atoms with E-state index in [0.717, 1.165) is 54.9 Å². The number of thiophene rings is 1. The molecule has 1 aromatic carbocycles. The van der Waals surface area contributed by atoms with E-state index in [4.69, 9.17) is 0 Å². The molecule has 180 valence electrons. The zero-order valence-corrected chi connectivity index (χ0v) is 21.2. The first-order valence-corrected chi connectivity index (χ1v) is 13.3. The van der Waals surface area contributed by atoms with Crippen LogP contribution in [0.25, 0.3) is 10.2 Å². The Labute approximate surface area is 205 Å². The van der Waals surface area contributed by atoms with Gasteiger partial charge in [0.1, 0.15) is 5.69 Å². The molecule has 1 atom stereocenters.